The minimum absolute atomic E-state index is 0.981. The summed E-state index contributed by atoms with van der Waals surface area (Å²) >= 11 is 0. The van der Waals surface area contributed by atoms with Gasteiger partial charge >= 0.3 is 0 Å². The van der Waals surface area contributed by atoms with Crippen molar-refractivity contribution in [2.75, 3.05) is 0 Å². The van der Waals surface area contributed by atoms with Crippen LogP contribution in [0.25, 0.3) is 16.7 Å². The first kappa shape index (κ1) is 17.2. The molecular formula is C17H29N3Si2. The maximum Gasteiger partial charge on any atom is 0.113 e. The van der Waals surface area contributed by atoms with Gasteiger partial charge in [0.2, 0.25) is 0 Å². The van der Waals surface area contributed by atoms with Crippen molar-refractivity contribution in [2.24, 2.45) is 0 Å². The van der Waals surface area contributed by atoms with Crippen LogP contribution >= 0.6 is 0 Å². The van der Waals surface area contributed by atoms with Crippen molar-refractivity contribution in [1.29, 1.82) is 0 Å². The molecule has 0 bridgehead atoms. The van der Waals surface area contributed by atoms with Crippen LogP contribution in [0.15, 0.2) is 30.3 Å². The number of fused-ring (bicyclic) bond motifs is 1. The second-order valence-corrected chi connectivity index (χ2v) is 19.6. The molecule has 2 rings (SSSR count). The molecule has 1 heterocycles. The fourth-order valence-electron chi connectivity index (χ4n) is 2.53. The van der Waals surface area contributed by atoms with Gasteiger partial charge in [0, 0.05) is 13.8 Å². The quantitative estimate of drug-likeness (QED) is 0.669. The minimum Gasteiger partial charge on any atom is -0.218 e. The predicted octanol–water partition coefficient (Wildman–Crippen LogP) is 5.34. The van der Waals surface area contributed by atoms with Crippen LogP contribution in [0.1, 0.15) is 6.42 Å². The summed E-state index contributed by atoms with van der Waals surface area (Å²) in [4.78, 5) is 0. The Labute approximate surface area is 136 Å². The Morgan fingerprint density at radius 3 is 2.36 bits per heavy atom. The molecule has 0 aliphatic rings. The molecule has 0 radical (unpaired) electrons. The van der Waals surface area contributed by atoms with E-state index in [1.807, 2.05) is 12.1 Å². The van der Waals surface area contributed by atoms with E-state index in [1.165, 1.54) is 11.7 Å². The average Bonchev–Trinajstić information content (AvgIpc) is 2.78. The molecule has 22 heavy (non-hydrogen) atoms. The van der Waals surface area contributed by atoms with E-state index in [4.69, 9.17) is 0 Å². The van der Waals surface area contributed by atoms with E-state index in [0.29, 0.717) is 0 Å². The van der Waals surface area contributed by atoms with Crippen LogP contribution in [-0.2, 0) is 0 Å². The monoisotopic (exact) mass is 331 g/mol. The lowest BCUT2D eigenvalue weighted by Crippen LogP contribution is -2.22. The molecular weight excluding hydrogens is 302 g/mol. The number of aromatic nitrogens is 3. The smallest absolute Gasteiger partial charge is 0.113 e. The molecule has 0 spiro atoms. The Morgan fingerprint density at radius 1 is 1.05 bits per heavy atom. The summed E-state index contributed by atoms with van der Waals surface area (Å²) in [6.07, 6.45) is 3.57. The molecule has 1 aromatic carbocycles. The zero-order valence-corrected chi connectivity index (χ0v) is 16.8. The molecule has 1 aromatic heterocycles. The van der Waals surface area contributed by atoms with Gasteiger partial charge < -0.3 is 0 Å². The Kier molecular flexibility index (Phi) is 5.07. The largest absolute Gasteiger partial charge is 0.218 e. The second-order valence-electron chi connectivity index (χ2n) is 8.52. The van der Waals surface area contributed by atoms with Crippen molar-refractivity contribution in [3.8, 4) is 0 Å². The minimum atomic E-state index is -1.21. The summed E-state index contributed by atoms with van der Waals surface area (Å²) in [5.41, 5.74) is 3.44. The van der Waals surface area contributed by atoms with Crippen LogP contribution in [0.3, 0.4) is 0 Å². The molecule has 0 aliphatic heterocycles. The maximum absolute atomic E-state index is 4.43. The fraction of sp³-hybridized carbons (Fsp3) is 0.529. The van der Waals surface area contributed by atoms with E-state index in [9.17, 15) is 0 Å². The number of para-hydroxylation sites is 1. The fourth-order valence-corrected chi connectivity index (χ4v) is 4.92. The third-order valence-electron chi connectivity index (χ3n) is 3.61. The third kappa shape index (κ3) is 4.92. The first-order valence-electron chi connectivity index (χ1n) is 8.16. The molecule has 120 valence electrons. The van der Waals surface area contributed by atoms with Crippen LogP contribution < -0.4 is 0 Å². The Balaban J connectivity index is 2.33. The van der Waals surface area contributed by atoms with Crippen LogP contribution in [0.2, 0.25) is 51.4 Å². The predicted molar refractivity (Wildman–Crippen MR) is 103 cm³/mol. The van der Waals surface area contributed by atoms with Gasteiger partial charge in [-0.15, -0.1) is 5.10 Å². The van der Waals surface area contributed by atoms with Gasteiger partial charge in [0.15, 0.2) is 0 Å². The number of hydrogen-bond acceptors (Lipinski definition) is 2. The highest BCUT2D eigenvalue weighted by Gasteiger charge is 2.19. The van der Waals surface area contributed by atoms with E-state index in [0.717, 1.165) is 23.5 Å². The van der Waals surface area contributed by atoms with Gasteiger partial charge in [-0.05, 0) is 24.6 Å². The molecule has 0 N–H and O–H groups in total. The van der Waals surface area contributed by atoms with Gasteiger partial charge in [0.25, 0.3) is 0 Å². The third-order valence-corrected chi connectivity index (χ3v) is 6.82. The highest BCUT2D eigenvalue weighted by atomic mass is 28.3. The molecule has 0 unspecified atom stereocenters. The Bertz CT molecular complexity index is 660. The molecule has 5 heteroatoms. The zero-order chi connectivity index (χ0) is 16.4. The van der Waals surface area contributed by atoms with E-state index >= 15 is 0 Å². The van der Waals surface area contributed by atoms with Crippen LogP contribution in [0, 0.1) is 0 Å². The summed E-state index contributed by atoms with van der Waals surface area (Å²) in [6, 6.07) is 10.7. The van der Waals surface area contributed by atoms with Crippen molar-refractivity contribution in [1.82, 2.24) is 15.0 Å². The molecule has 0 aliphatic carbocycles. The number of rotatable bonds is 6. The van der Waals surface area contributed by atoms with E-state index < -0.39 is 16.1 Å². The average molecular weight is 332 g/mol. The van der Waals surface area contributed by atoms with Crippen molar-refractivity contribution in [3.63, 3.8) is 0 Å². The SMILES string of the molecule is C[Si](C)(C)CCC=C(C[Si](C)(C)C)n1nnc2ccccc21. The normalized spacial score (nSPS) is 13.8. The molecule has 2 aromatic rings. The summed E-state index contributed by atoms with van der Waals surface area (Å²) in [6.45, 7) is 14.5. The van der Waals surface area contributed by atoms with Crippen LogP contribution in [-0.4, -0.2) is 31.1 Å². The Hall–Kier alpha value is -1.21. The molecule has 0 saturated carbocycles. The van der Waals surface area contributed by atoms with Gasteiger partial charge in [-0.2, -0.15) is 0 Å². The number of benzene rings is 1. The van der Waals surface area contributed by atoms with Crippen molar-refractivity contribution < 1.29 is 0 Å². The zero-order valence-electron chi connectivity index (χ0n) is 14.8. The maximum atomic E-state index is 4.43. The van der Waals surface area contributed by atoms with Gasteiger partial charge in [0.05, 0.1) is 13.6 Å². The molecule has 3 nitrogen and oxygen atoms in total. The van der Waals surface area contributed by atoms with E-state index in [1.54, 1.807) is 0 Å². The number of hydrogen-bond donors (Lipinski definition) is 0. The van der Waals surface area contributed by atoms with Gasteiger partial charge in [-0.3, -0.25) is 0 Å². The van der Waals surface area contributed by atoms with Gasteiger partial charge in [-0.1, -0.05) is 68.7 Å². The van der Waals surface area contributed by atoms with Crippen LogP contribution in [0.5, 0.6) is 0 Å². The lowest BCUT2D eigenvalue weighted by molar-refractivity contribution is 0.829. The van der Waals surface area contributed by atoms with Gasteiger partial charge in [-0.25, -0.2) is 4.68 Å². The van der Waals surface area contributed by atoms with Gasteiger partial charge in [0.1, 0.15) is 5.52 Å². The number of nitrogens with zero attached hydrogens (tertiary/aromatic N) is 3. The first-order valence-corrected chi connectivity index (χ1v) is 15.6. The molecule has 0 atom stereocenters. The lowest BCUT2D eigenvalue weighted by atomic mass is 10.3. The highest BCUT2D eigenvalue weighted by molar-refractivity contribution is 6.77. The summed E-state index contributed by atoms with van der Waals surface area (Å²) < 4.78 is 2.07. The molecule has 0 amide bonds. The van der Waals surface area contributed by atoms with E-state index in [-0.39, 0.29) is 0 Å². The molecule has 0 fully saturated rings. The standard InChI is InChI=1S/C17H29N3Si2/c1-21(2,3)13-9-10-15(14-22(4,5)6)20-17-12-8-7-11-16(17)18-19-20/h7-8,10-12H,9,13-14H2,1-6H3. The number of allylic oxidation sites excluding steroid dienone is 2. The van der Waals surface area contributed by atoms with E-state index in [2.05, 4.69) is 72.5 Å². The van der Waals surface area contributed by atoms with Crippen LogP contribution in [0.4, 0.5) is 0 Å². The summed E-state index contributed by atoms with van der Waals surface area (Å²) in [5.74, 6) is 0. The van der Waals surface area contributed by atoms with Crippen molar-refractivity contribution >= 4 is 32.9 Å². The first-order chi connectivity index (χ1) is 10.2. The summed E-state index contributed by atoms with van der Waals surface area (Å²) in [7, 11) is -2.20. The molecule has 0 saturated heterocycles. The topological polar surface area (TPSA) is 30.7 Å². The van der Waals surface area contributed by atoms with Crippen molar-refractivity contribution in [3.05, 3.63) is 30.3 Å². The summed E-state index contributed by atoms with van der Waals surface area (Å²) in [5, 5.41) is 8.75. The lowest BCUT2D eigenvalue weighted by Gasteiger charge is -2.20. The second kappa shape index (κ2) is 6.50. The van der Waals surface area contributed by atoms with Crippen molar-refractivity contribution in [2.45, 2.75) is 57.8 Å². The highest BCUT2D eigenvalue weighted by Crippen LogP contribution is 2.25. The Morgan fingerprint density at radius 2 is 1.73 bits per heavy atom.